The molecule has 1 saturated heterocycles. The van der Waals surface area contributed by atoms with Gasteiger partial charge in [-0.05, 0) is 30.4 Å². The summed E-state index contributed by atoms with van der Waals surface area (Å²) in [6.45, 7) is 3.10. The van der Waals surface area contributed by atoms with Crippen molar-refractivity contribution in [2.75, 3.05) is 25.9 Å². The molecule has 0 radical (unpaired) electrons. The molecule has 1 heterocycles. The summed E-state index contributed by atoms with van der Waals surface area (Å²) in [6, 6.07) is 7.81. The highest BCUT2D eigenvalue weighted by molar-refractivity contribution is 7.95. The van der Waals surface area contributed by atoms with E-state index >= 15 is 0 Å². The molecule has 3 rings (SSSR count). The van der Waals surface area contributed by atoms with Crippen LogP contribution in [0.4, 0.5) is 0 Å². The normalized spacial score (nSPS) is 22.9. The van der Waals surface area contributed by atoms with Crippen molar-refractivity contribution in [1.29, 1.82) is 0 Å². The zero-order valence-corrected chi connectivity index (χ0v) is 16.6. The van der Waals surface area contributed by atoms with E-state index in [0.717, 1.165) is 24.8 Å². The second-order valence-corrected chi connectivity index (χ2v) is 9.41. The topological polar surface area (TPSA) is 102 Å². The molecule has 2 unspecified atom stereocenters. The van der Waals surface area contributed by atoms with Gasteiger partial charge in [0.2, 0.25) is 11.8 Å². The summed E-state index contributed by atoms with van der Waals surface area (Å²) in [5, 5.41) is 2.65. The summed E-state index contributed by atoms with van der Waals surface area (Å²) in [5.41, 5.74) is 2.16. The lowest BCUT2D eigenvalue weighted by Crippen LogP contribution is -2.45. The van der Waals surface area contributed by atoms with E-state index in [1.54, 1.807) is 0 Å². The summed E-state index contributed by atoms with van der Waals surface area (Å²) in [5.74, 6) is -0.0805. The summed E-state index contributed by atoms with van der Waals surface area (Å²) in [7, 11) is -3.30. The van der Waals surface area contributed by atoms with Crippen LogP contribution in [0.25, 0.3) is 0 Å². The molecule has 1 spiro atoms. The van der Waals surface area contributed by atoms with Gasteiger partial charge >= 0.3 is 0 Å². The third-order valence-electron chi connectivity index (χ3n) is 5.64. The van der Waals surface area contributed by atoms with Crippen LogP contribution < -0.4 is 10.0 Å². The van der Waals surface area contributed by atoms with Crippen molar-refractivity contribution in [2.24, 2.45) is 0 Å². The number of likely N-dealkylation sites (tertiary alicyclic amines) is 1. The average Bonchev–Trinajstić information content (AvgIpc) is 2.87. The zero-order valence-electron chi connectivity index (χ0n) is 15.8. The Morgan fingerprint density at radius 1 is 1.30 bits per heavy atom. The van der Waals surface area contributed by atoms with Crippen LogP contribution in [0.3, 0.4) is 0 Å². The third-order valence-corrected chi connectivity index (χ3v) is 6.36. The lowest BCUT2D eigenvalue weighted by molar-refractivity contribution is -0.132. The number of benzene rings is 1. The highest BCUT2D eigenvalue weighted by atomic mass is 32.3. The fraction of sp³-hybridized carbons (Fsp3) is 0.579. The number of carbonyl (C=O) groups excluding carboxylic acids is 2. The highest BCUT2D eigenvalue weighted by Gasteiger charge is 2.47. The predicted octanol–water partition coefficient (Wildman–Crippen LogP) is 1.28. The van der Waals surface area contributed by atoms with Crippen LogP contribution in [0.5, 0.6) is 0 Å². The first-order valence-corrected chi connectivity index (χ1v) is 11.2. The summed E-state index contributed by atoms with van der Waals surface area (Å²) >= 11 is 0. The number of amides is 2. The molecule has 1 fully saturated rings. The van der Waals surface area contributed by atoms with E-state index in [9.17, 15) is 18.4 Å². The van der Waals surface area contributed by atoms with Gasteiger partial charge in [0.05, 0.1) is 6.04 Å². The molecule has 2 aliphatic rings. The minimum Gasteiger partial charge on any atom is -0.598 e. The van der Waals surface area contributed by atoms with Crippen molar-refractivity contribution in [3.05, 3.63) is 35.4 Å². The maximum Gasteiger partial charge on any atom is 0.224 e. The Labute approximate surface area is 161 Å². The molecule has 0 bridgehead atoms. The van der Waals surface area contributed by atoms with Gasteiger partial charge in [-0.15, -0.1) is 4.72 Å². The van der Waals surface area contributed by atoms with E-state index in [-0.39, 0.29) is 23.3 Å². The minimum absolute atomic E-state index is 0.0516. The van der Waals surface area contributed by atoms with Gasteiger partial charge in [0, 0.05) is 38.4 Å². The fourth-order valence-corrected chi connectivity index (χ4v) is 5.15. The Bertz CT molecular complexity index is 768. The SMILES string of the molecule is CC(=O)NCCC(=O)N1CCC2(CC1)CC(N[S+](C)(=O)[O-])c1ccccc12. The Hall–Kier alpha value is -1.77. The maximum absolute atomic E-state index is 12.4. The molecule has 1 aromatic rings. The Balaban J connectivity index is 1.67. The molecule has 2 N–H and O–H groups in total. The number of hydrogen-bond acceptors (Lipinski definition) is 4. The monoisotopic (exact) mass is 393 g/mol. The van der Waals surface area contributed by atoms with Gasteiger partial charge in [-0.1, -0.05) is 28.5 Å². The van der Waals surface area contributed by atoms with Crippen molar-refractivity contribution < 1.29 is 18.4 Å². The number of nitrogens with one attached hydrogen (secondary N) is 2. The maximum atomic E-state index is 12.4. The Kier molecular flexibility index (Phi) is 5.69. The molecule has 0 saturated carbocycles. The molecular formula is C19H27N3O4S. The molecule has 7 nitrogen and oxygen atoms in total. The first kappa shape index (κ1) is 20.0. The quantitative estimate of drug-likeness (QED) is 0.736. The van der Waals surface area contributed by atoms with Crippen molar-refractivity contribution >= 4 is 22.2 Å². The van der Waals surface area contributed by atoms with Crippen molar-refractivity contribution in [1.82, 2.24) is 14.9 Å². The highest BCUT2D eigenvalue weighted by Crippen LogP contribution is 2.51. The van der Waals surface area contributed by atoms with Gasteiger partial charge in [-0.2, -0.15) is 0 Å². The number of carbonyl (C=O) groups is 2. The van der Waals surface area contributed by atoms with Crippen LogP contribution >= 0.6 is 0 Å². The van der Waals surface area contributed by atoms with Crippen LogP contribution in [-0.2, 0) is 29.6 Å². The van der Waals surface area contributed by atoms with Crippen LogP contribution in [0, 0.1) is 0 Å². The van der Waals surface area contributed by atoms with Crippen molar-refractivity contribution in [2.45, 2.75) is 44.1 Å². The molecule has 1 aliphatic carbocycles. The summed E-state index contributed by atoms with van der Waals surface area (Å²) < 4.78 is 26.3. The molecule has 27 heavy (non-hydrogen) atoms. The standard InChI is InChI=1S/C19H27N3O4S/c1-14(23)20-10-7-18(24)22-11-8-19(9-12-22)13-17(21-27(2,25)26)15-5-3-4-6-16(15)19/h3-6,17H,7-13H2,1-2H3,(H2-,20,21,23,25,26). The van der Waals surface area contributed by atoms with E-state index in [1.165, 1.54) is 18.7 Å². The van der Waals surface area contributed by atoms with E-state index in [4.69, 9.17) is 0 Å². The fourth-order valence-electron chi connectivity index (χ4n) is 4.42. The smallest absolute Gasteiger partial charge is 0.224 e. The molecule has 0 aromatic heterocycles. The number of sulfonamides is 1. The second-order valence-electron chi connectivity index (χ2n) is 7.63. The number of piperidine rings is 1. The Morgan fingerprint density at radius 2 is 1.96 bits per heavy atom. The number of rotatable bonds is 5. The predicted molar refractivity (Wildman–Crippen MR) is 102 cm³/mol. The second kappa shape index (κ2) is 7.69. The van der Waals surface area contributed by atoms with Gasteiger partial charge < -0.3 is 14.8 Å². The van der Waals surface area contributed by atoms with Crippen LogP contribution in [0.1, 0.15) is 49.8 Å². The number of fused-ring (bicyclic) bond motifs is 2. The molecule has 1 aliphatic heterocycles. The molecule has 148 valence electrons. The third kappa shape index (κ3) is 4.56. The molecular weight excluding hydrogens is 366 g/mol. The van der Waals surface area contributed by atoms with Gasteiger partial charge in [-0.25, -0.2) is 0 Å². The summed E-state index contributed by atoms with van der Waals surface area (Å²) in [4.78, 5) is 25.2. The summed E-state index contributed by atoms with van der Waals surface area (Å²) in [6.07, 6.45) is 3.86. The molecule has 2 atom stereocenters. The lowest BCUT2D eigenvalue weighted by atomic mass is 9.73. The number of hydrogen-bond donors (Lipinski definition) is 2. The van der Waals surface area contributed by atoms with E-state index in [0.29, 0.717) is 26.1 Å². The van der Waals surface area contributed by atoms with Crippen LogP contribution in [0.2, 0.25) is 0 Å². The average molecular weight is 394 g/mol. The lowest BCUT2D eigenvalue weighted by Gasteiger charge is -2.40. The molecule has 8 heteroatoms. The van der Waals surface area contributed by atoms with E-state index in [2.05, 4.69) is 16.1 Å². The van der Waals surface area contributed by atoms with Crippen molar-refractivity contribution in [3.8, 4) is 0 Å². The van der Waals surface area contributed by atoms with Gasteiger partial charge in [0.15, 0.2) is 0 Å². The van der Waals surface area contributed by atoms with Gasteiger partial charge in [0.25, 0.3) is 0 Å². The minimum atomic E-state index is -3.30. The van der Waals surface area contributed by atoms with E-state index < -0.39 is 10.4 Å². The van der Waals surface area contributed by atoms with Crippen LogP contribution in [-0.4, -0.2) is 47.2 Å². The van der Waals surface area contributed by atoms with Gasteiger partial charge in [-0.3, -0.25) is 9.59 Å². The van der Waals surface area contributed by atoms with Gasteiger partial charge in [0.1, 0.15) is 16.7 Å². The van der Waals surface area contributed by atoms with E-state index in [1.807, 2.05) is 23.1 Å². The van der Waals surface area contributed by atoms with Crippen molar-refractivity contribution in [3.63, 3.8) is 0 Å². The zero-order chi connectivity index (χ0) is 19.7. The molecule has 2 amide bonds. The molecule has 1 aromatic carbocycles. The van der Waals surface area contributed by atoms with Crippen LogP contribution in [0.15, 0.2) is 24.3 Å². The first-order valence-electron chi connectivity index (χ1n) is 9.29. The Morgan fingerprint density at radius 3 is 2.59 bits per heavy atom. The first-order chi connectivity index (χ1) is 12.7. The number of nitrogens with zero attached hydrogens (tertiary/aromatic N) is 1. The largest absolute Gasteiger partial charge is 0.598 e.